The molecular formula is C21H22N4O3. The number of carbonyl (C=O) groups excluding carboxylic acids is 2. The van der Waals surface area contributed by atoms with Gasteiger partial charge >= 0.3 is 0 Å². The van der Waals surface area contributed by atoms with Gasteiger partial charge in [-0.2, -0.15) is 0 Å². The summed E-state index contributed by atoms with van der Waals surface area (Å²) in [7, 11) is 0. The number of para-hydroxylation sites is 3. The van der Waals surface area contributed by atoms with Crippen LogP contribution in [0.15, 0.2) is 54.6 Å². The largest absolute Gasteiger partial charge is 0.388 e. The number of amides is 2. The van der Waals surface area contributed by atoms with Crippen molar-refractivity contribution in [2.45, 2.75) is 19.6 Å². The van der Waals surface area contributed by atoms with Crippen molar-refractivity contribution in [3.8, 4) is 0 Å². The summed E-state index contributed by atoms with van der Waals surface area (Å²) in [6.07, 6.45) is 0.256. The molecule has 0 spiro atoms. The van der Waals surface area contributed by atoms with Crippen molar-refractivity contribution in [3.63, 3.8) is 0 Å². The molecule has 3 aromatic rings. The zero-order valence-corrected chi connectivity index (χ0v) is 15.5. The summed E-state index contributed by atoms with van der Waals surface area (Å²) >= 11 is 0. The fourth-order valence-electron chi connectivity index (χ4n) is 3.63. The van der Waals surface area contributed by atoms with E-state index in [-0.39, 0.29) is 31.4 Å². The minimum absolute atomic E-state index is 0.0669. The van der Waals surface area contributed by atoms with Crippen molar-refractivity contribution < 1.29 is 14.7 Å². The number of benzene rings is 2. The molecule has 2 aromatic carbocycles. The Balaban J connectivity index is 1.41. The van der Waals surface area contributed by atoms with Gasteiger partial charge in [0, 0.05) is 31.7 Å². The highest BCUT2D eigenvalue weighted by atomic mass is 16.3. The van der Waals surface area contributed by atoms with Crippen LogP contribution in [0.2, 0.25) is 0 Å². The van der Waals surface area contributed by atoms with Gasteiger partial charge in [0.25, 0.3) is 0 Å². The Morgan fingerprint density at radius 1 is 1.04 bits per heavy atom. The Labute approximate surface area is 162 Å². The molecule has 1 aliphatic rings. The lowest BCUT2D eigenvalue weighted by atomic mass is 10.2. The van der Waals surface area contributed by atoms with Gasteiger partial charge in [-0.25, -0.2) is 4.98 Å². The van der Waals surface area contributed by atoms with Crippen LogP contribution in [0.1, 0.15) is 12.2 Å². The molecule has 4 rings (SSSR count). The summed E-state index contributed by atoms with van der Waals surface area (Å²) in [6.45, 7) is 1.33. The average molecular weight is 378 g/mol. The number of aliphatic hydroxyl groups excluding tert-OH is 1. The third kappa shape index (κ3) is 3.48. The molecule has 0 saturated carbocycles. The summed E-state index contributed by atoms with van der Waals surface area (Å²) in [5, 5.41) is 9.58. The van der Waals surface area contributed by atoms with Crippen LogP contribution in [0.25, 0.3) is 11.0 Å². The minimum Gasteiger partial charge on any atom is -0.388 e. The molecule has 7 nitrogen and oxygen atoms in total. The smallest absolute Gasteiger partial charge is 0.246 e. The van der Waals surface area contributed by atoms with Gasteiger partial charge in [-0.15, -0.1) is 0 Å². The predicted octanol–water partition coefficient (Wildman–Crippen LogP) is 1.79. The number of aliphatic hydroxyl groups is 1. The van der Waals surface area contributed by atoms with Crippen molar-refractivity contribution in [2.24, 2.45) is 0 Å². The standard InChI is InChI=1S/C21H22N4O3/c26-15-19-22-17-8-4-5-9-18(17)25(19)11-10-20(27)23-12-13-24(21(28)14-23)16-6-2-1-3-7-16/h1-9,26H,10-15H2. The van der Waals surface area contributed by atoms with Crippen molar-refractivity contribution in [2.75, 3.05) is 24.5 Å². The first-order valence-corrected chi connectivity index (χ1v) is 9.35. The van der Waals surface area contributed by atoms with E-state index in [0.29, 0.717) is 25.5 Å². The first-order valence-electron chi connectivity index (χ1n) is 9.35. The van der Waals surface area contributed by atoms with Crippen LogP contribution in [0.5, 0.6) is 0 Å². The maximum absolute atomic E-state index is 12.7. The summed E-state index contributed by atoms with van der Waals surface area (Å²) in [6, 6.07) is 17.1. The zero-order chi connectivity index (χ0) is 19.5. The molecule has 28 heavy (non-hydrogen) atoms. The second-order valence-corrected chi connectivity index (χ2v) is 6.77. The molecule has 0 radical (unpaired) electrons. The van der Waals surface area contributed by atoms with Crippen LogP contribution in [0, 0.1) is 0 Å². The first kappa shape index (κ1) is 18.2. The molecule has 1 fully saturated rings. The maximum Gasteiger partial charge on any atom is 0.246 e. The maximum atomic E-state index is 12.7. The van der Waals surface area contributed by atoms with Crippen LogP contribution < -0.4 is 4.90 Å². The van der Waals surface area contributed by atoms with Gasteiger partial charge in [-0.3, -0.25) is 9.59 Å². The van der Waals surface area contributed by atoms with Gasteiger partial charge in [0.2, 0.25) is 11.8 Å². The van der Waals surface area contributed by atoms with E-state index in [1.807, 2.05) is 59.2 Å². The van der Waals surface area contributed by atoms with Crippen LogP contribution in [0.3, 0.4) is 0 Å². The summed E-state index contributed by atoms with van der Waals surface area (Å²) in [4.78, 5) is 32.9. The second-order valence-electron chi connectivity index (χ2n) is 6.77. The topological polar surface area (TPSA) is 78.7 Å². The molecule has 144 valence electrons. The molecule has 1 aliphatic heterocycles. The number of hydrogen-bond donors (Lipinski definition) is 1. The van der Waals surface area contributed by atoms with E-state index < -0.39 is 0 Å². The monoisotopic (exact) mass is 378 g/mol. The van der Waals surface area contributed by atoms with E-state index >= 15 is 0 Å². The van der Waals surface area contributed by atoms with Gasteiger partial charge in [0.1, 0.15) is 19.0 Å². The summed E-state index contributed by atoms with van der Waals surface area (Å²) in [5.41, 5.74) is 2.55. The van der Waals surface area contributed by atoms with Crippen LogP contribution >= 0.6 is 0 Å². The lowest BCUT2D eigenvalue weighted by molar-refractivity contribution is -0.137. The van der Waals surface area contributed by atoms with Gasteiger partial charge in [-0.05, 0) is 24.3 Å². The number of rotatable bonds is 5. The van der Waals surface area contributed by atoms with Gasteiger partial charge in [-0.1, -0.05) is 30.3 Å². The third-order valence-electron chi connectivity index (χ3n) is 5.07. The average Bonchev–Trinajstić information content (AvgIpc) is 3.10. The van der Waals surface area contributed by atoms with E-state index in [4.69, 9.17) is 0 Å². The quantitative estimate of drug-likeness (QED) is 0.734. The normalized spacial score (nSPS) is 14.7. The second kappa shape index (κ2) is 7.82. The van der Waals surface area contributed by atoms with Gasteiger partial charge < -0.3 is 19.5 Å². The van der Waals surface area contributed by atoms with Crippen molar-refractivity contribution in [1.29, 1.82) is 0 Å². The van der Waals surface area contributed by atoms with E-state index in [9.17, 15) is 14.7 Å². The molecule has 1 aromatic heterocycles. The molecule has 1 saturated heterocycles. The summed E-state index contributed by atoms with van der Waals surface area (Å²) < 4.78 is 1.87. The lowest BCUT2D eigenvalue weighted by Crippen LogP contribution is -2.52. The van der Waals surface area contributed by atoms with Crippen molar-refractivity contribution in [1.82, 2.24) is 14.5 Å². The Bertz CT molecular complexity index is 999. The number of imidazole rings is 1. The number of aromatic nitrogens is 2. The molecule has 0 unspecified atom stereocenters. The molecule has 2 amide bonds. The highest BCUT2D eigenvalue weighted by molar-refractivity contribution is 5.97. The number of nitrogens with zero attached hydrogens (tertiary/aromatic N) is 4. The minimum atomic E-state index is -0.183. The van der Waals surface area contributed by atoms with Crippen LogP contribution in [-0.4, -0.2) is 51.0 Å². The summed E-state index contributed by atoms with van der Waals surface area (Å²) in [5.74, 6) is 0.400. The zero-order valence-electron chi connectivity index (χ0n) is 15.5. The Morgan fingerprint density at radius 3 is 2.54 bits per heavy atom. The van der Waals surface area contributed by atoms with E-state index in [2.05, 4.69) is 4.98 Å². The molecule has 0 bridgehead atoms. The van der Waals surface area contributed by atoms with Gasteiger partial charge in [0.15, 0.2) is 0 Å². The molecule has 7 heteroatoms. The number of carbonyl (C=O) groups is 2. The van der Waals surface area contributed by atoms with E-state index in [1.54, 1.807) is 9.80 Å². The van der Waals surface area contributed by atoms with E-state index in [1.165, 1.54) is 0 Å². The van der Waals surface area contributed by atoms with Crippen molar-refractivity contribution in [3.05, 3.63) is 60.4 Å². The Morgan fingerprint density at radius 2 is 1.79 bits per heavy atom. The number of fused-ring (bicyclic) bond motifs is 1. The highest BCUT2D eigenvalue weighted by Gasteiger charge is 2.27. The fourth-order valence-corrected chi connectivity index (χ4v) is 3.63. The molecule has 1 N–H and O–H groups in total. The fraction of sp³-hybridized carbons (Fsp3) is 0.286. The SMILES string of the molecule is O=C(CCn1c(CO)nc2ccccc21)N1CCN(c2ccccc2)C(=O)C1. The number of aryl methyl sites for hydroxylation is 1. The van der Waals surface area contributed by atoms with Crippen molar-refractivity contribution >= 4 is 28.5 Å². The lowest BCUT2D eigenvalue weighted by Gasteiger charge is -2.34. The molecule has 0 atom stereocenters. The molecular weight excluding hydrogens is 356 g/mol. The number of anilines is 1. The van der Waals surface area contributed by atoms with Crippen LogP contribution in [-0.2, 0) is 22.7 Å². The van der Waals surface area contributed by atoms with Crippen LogP contribution in [0.4, 0.5) is 5.69 Å². The van der Waals surface area contributed by atoms with Gasteiger partial charge in [0.05, 0.1) is 11.0 Å². The predicted molar refractivity (Wildman–Crippen MR) is 106 cm³/mol. The van der Waals surface area contributed by atoms with E-state index in [0.717, 1.165) is 16.7 Å². The third-order valence-corrected chi connectivity index (χ3v) is 5.07. The number of hydrogen-bond acceptors (Lipinski definition) is 4. The highest BCUT2D eigenvalue weighted by Crippen LogP contribution is 2.19. The molecule has 0 aliphatic carbocycles. The first-order chi connectivity index (χ1) is 13.7. The Hall–Kier alpha value is -3.19. The Kier molecular flexibility index (Phi) is 5.08. The number of piperazine rings is 1. The molecule has 2 heterocycles.